The predicted molar refractivity (Wildman–Crippen MR) is 68.9 cm³/mol. The molecule has 0 radical (unpaired) electrons. The first kappa shape index (κ1) is 11.4. The summed E-state index contributed by atoms with van der Waals surface area (Å²) in [5.41, 5.74) is 1.01. The third-order valence-corrected chi connectivity index (χ3v) is 3.76. The maximum atomic E-state index is 13.2. The van der Waals surface area contributed by atoms with E-state index in [4.69, 9.17) is 4.74 Å². The van der Waals surface area contributed by atoms with Crippen molar-refractivity contribution >= 4 is 21.7 Å². The lowest BCUT2D eigenvalue weighted by molar-refractivity contribution is 0.0991. The number of para-hydroxylation sites is 1. The van der Waals surface area contributed by atoms with Gasteiger partial charge in [-0.2, -0.15) is 0 Å². The van der Waals surface area contributed by atoms with Crippen molar-refractivity contribution in [2.24, 2.45) is 0 Å². The van der Waals surface area contributed by atoms with Crippen LogP contribution in [0.5, 0.6) is 11.5 Å². The molecule has 0 spiro atoms. The van der Waals surface area contributed by atoms with Gasteiger partial charge in [0.1, 0.15) is 22.1 Å². The molecule has 0 fully saturated rings. The minimum atomic E-state index is -0.517. The zero-order valence-corrected chi connectivity index (χ0v) is 10.8. The average molecular weight is 307 g/mol. The van der Waals surface area contributed by atoms with Gasteiger partial charge in [0.25, 0.3) is 0 Å². The standard InChI is InChI=1S/C14H8BrFO2/c15-13-9-3-1-2-4-11(9)18-12-6-5-8(16)7-10(12)14(13)17/h1-7,13H. The summed E-state index contributed by atoms with van der Waals surface area (Å²) in [6.45, 7) is 0. The van der Waals surface area contributed by atoms with Gasteiger partial charge < -0.3 is 4.74 Å². The van der Waals surface area contributed by atoms with Gasteiger partial charge >= 0.3 is 0 Å². The normalized spacial score (nSPS) is 17.4. The number of alkyl halides is 1. The molecule has 1 aliphatic rings. The Morgan fingerprint density at radius 3 is 2.72 bits per heavy atom. The smallest absolute Gasteiger partial charge is 0.184 e. The van der Waals surface area contributed by atoms with Gasteiger partial charge in [-0.3, -0.25) is 4.79 Å². The second-order valence-electron chi connectivity index (χ2n) is 4.01. The van der Waals surface area contributed by atoms with Gasteiger partial charge in [0.2, 0.25) is 0 Å². The SMILES string of the molecule is O=C1c2cc(F)ccc2Oc2ccccc2C1Br. The van der Waals surface area contributed by atoms with E-state index in [-0.39, 0.29) is 11.3 Å². The quantitative estimate of drug-likeness (QED) is 0.680. The number of hydrogen-bond acceptors (Lipinski definition) is 2. The van der Waals surface area contributed by atoms with Gasteiger partial charge in [-0.05, 0) is 24.3 Å². The Labute approximate surface area is 112 Å². The highest BCUT2D eigenvalue weighted by Crippen LogP contribution is 2.41. The van der Waals surface area contributed by atoms with E-state index >= 15 is 0 Å². The van der Waals surface area contributed by atoms with Crippen LogP contribution in [0.4, 0.5) is 4.39 Å². The molecule has 1 unspecified atom stereocenters. The van der Waals surface area contributed by atoms with E-state index in [0.717, 1.165) is 5.56 Å². The van der Waals surface area contributed by atoms with Crippen LogP contribution in [-0.2, 0) is 0 Å². The highest BCUT2D eigenvalue weighted by atomic mass is 79.9. The highest BCUT2D eigenvalue weighted by Gasteiger charge is 2.29. The van der Waals surface area contributed by atoms with Crippen molar-refractivity contribution in [1.29, 1.82) is 0 Å². The van der Waals surface area contributed by atoms with Crippen molar-refractivity contribution in [3.63, 3.8) is 0 Å². The van der Waals surface area contributed by atoms with Crippen LogP contribution in [0.15, 0.2) is 42.5 Å². The maximum Gasteiger partial charge on any atom is 0.184 e. The molecule has 90 valence electrons. The zero-order valence-electron chi connectivity index (χ0n) is 9.19. The van der Waals surface area contributed by atoms with E-state index < -0.39 is 10.6 Å². The van der Waals surface area contributed by atoms with Crippen molar-refractivity contribution in [2.75, 3.05) is 0 Å². The minimum Gasteiger partial charge on any atom is -0.456 e. The van der Waals surface area contributed by atoms with Crippen molar-refractivity contribution in [1.82, 2.24) is 0 Å². The third-order valence-electron chi connectivity index (χ3n) is 2.85. The molecule has 0 bridgehead atoms. The van der Waals surface area contributed by atoms with E-state index in [9.17, 15) is 9.18 Å². The van der Waals surface area contributed by atoms with Crippen LogP contribution in [0, 0.1) is 5.82 Å². The number of Topliss-reactive ketones (excluding diaryl/α,β-unsaturated/α-hetero) is 1. The molecule has 3 rings (SSSR count). The van der Waals surface area contributed by atoms with E-state index in [2.05, 4.69) is 15.9 Å². The van der Waals surface area contributed by atoms with Gasteiger partial charge in [-0.25, -0.2) is 4.39 Å². The predicted octanol–water partition coefficient (Wildman–Crippen LogP) is 4.25. The summed E-state index contributed by atoms with van der Waals surface area (Å²) in [5.74, 6) is 0.347. The van der Waals surface area contributed by atoms with Crippen molar-refractivity contribution in [3.8, 4) is 11.5 Å². The molecule has 4 heteroatoms. The molecule has 1 aliphatic heterocycles. The fourth-order valence-electron chi connectivity index (χ4n) is 1.96. The van der Waals surface area contributed by atoms with Crippen LogP contribution in [0.25, 0.3) is 0 Å². The largest absolute Gasteiger partial charge is 0.456 e. The van der Waals surface area contributed by atoms with Gasteiger partial charge in [0.15, 0.2) is 5.78 Å². The Balaban J connectivity index is 2.23. The molecule has 2 aromatic rings. The fraction of sp³-hybridized carbons (Fsp3) is 0.0714. The van der Waals surface area contributed by atoms with Gasteiger partial charge in [-0.15, -0.1) is 0 Å². The Hall–Kier alpha value is -1.68. The molecule has 2 nitrogen and oxygen atoms in total. The molecule has 0 saturated carbocycles. The van der Waals surface area contributed by atoms with Crippen LogP contribution >= 0.6 is 15.9 Å². The summed E-state index contributed by atoms with van der Waals surface area (Å²) in [6, 6.07) is 11.2. The van der Waals surface area contributed by atoms with E-state index in [1.165, 1.54) is 18.2 Å². The molecule has 2 aromatic carbocycles. The van der Waals surface area contributed by atoms with Crippen LogP contribution in [0.3, 0.4) is 0 Å². The van der Waals surface area contributed by atoms with Crippen molar-refractivity contribution in [3.05, 3.63) is 59.4 Å². The monoisotopic (exact) mass is 306 g/mol. The van der Waals surface area contributed by atoms with Gasteiger partial charge in [0.05, 0.1) is 5.56 Å². The molecular formula is C14H8BrFO2. The number of halogens is 2. The number of fused-ring (bicyclic) bond motifs is 2. The topological polar surface area (TPSA) is 26.3 Å². The first-order chi connectivity index (χ1) is 8.66. The number of carbonyl (C=O) groups is 1. The summed E-state index contributed by atoms with van der Waals surface area (Å²) in [5, 5.41) is 0. The molecule has 0 amide bonds. The van der Waals surface area contributed by atoms with Gasteiger partial charge in [-0.1, -0.05) is 34.1 Å². The number of ether oxygens (including phenoxy) is 1. The van der Waals surface area contributed by atoms with Crippen LogP contribution in [0.1, 0.15) is 20.7 Å². The molecule has 0 N–H and O–H groups in total. The van der Waals surface area contributed by atoms with Crippen molar-refractivity contribution < 1.29 is 13.9 Å². The summed E-state index contributed by atoms with van der Waals surface area (Å²) >= 11 is 3.34. The van der Waals surface area contributed by atoms with E-state index in [0.29, 0.717) is 11.5 Å². The Bertz CT molecular complexity index is 639. The lowest BCUT2D eigenvalue weighted by Gasteiger charge is -2.08. The zero-order chi connectivity index (χ0) is 12.7. The summed E-state index contributed by atoms with van der Waals surface area (Å²) < 4.78 is 18.9. The van der Waals surface area contributed by atoms with E-state index in [1.807, 2.05) is 18.2 Å². The van der Waals surface area contributed by atoms with Crippen molar-refractivity contribution in [2.45, 2.75) is 4.83 Å². The average Bonchev–Trinajstić information content (AvgIpc) is 2.48. The van der Waals surface area contributed by atoms with E-state index in [1.54, 1.807) is 6.07 Å². The molecule has 0 aliphatic carbocycles. The number of hydrogen-bond donors (Lipinski definition) is 0. The summed E-state index contributed by atoms with van der Waals surface area (Å²) in [4.78, 5) is 11.7. The number of carbonyl (C=O) groups excluding carboxylic acids is 1. The first-order valence-corrected chi connectivity index (χ1v) is 6.33. The minimum absolute atomic E-state index is 0.200. The molecule has 1 heterocycles. The Kier molecular flexibility index (Phi) is 2.67. The number of rotatable bonds is 0. The second-order valence-corrected chi connectivity index (χ2v) is 4.92. The highest BCUT2D eigenvalue weighted by molar-refractivity contribution is 9.09. The third kappa shape index (κ3) is 1.73. The fourth-order valence-corrected chi connectivity index (χ4v) is 2.59. The number of benzene rings is 2. The molecule has 0 saturated heterocycles. The molecule has 1 atom stereocenters. The lowest BCUT2D eigenvalue weighted by atomic mass is 10.0. The maximum absolute atomic E-state index is 13.2. The second kappa shape index (κ2) is 4.21. The lowest BCUT2D eigenvalue weighted by Crippen LogP contribution is -2.05. The molecule has 0 aromatic heterocycles. The summed E-state index contributed by atoms with van der Waals surface area (Å²) in [6.07, 6.45) is 0. The molecule has 18 heavy (non-hydrogen) atoms. The first-order valence-electron chi connectivity index (χ1n) is 5.41. The number of ketones is 1. The van der Waals surface area contributed by atoms with Crippen LogP contribution in [-0.4, -0.2) is 5.78 Å². The van der Waals surface area contributed by atoms with Crippen LogP contribution in [0.2, 0.25) is 0 Å². The Morgan fingerprint density at radius 2 is 1.89 bits per heavy atom. The van der Waals surface area contributed by atoms with Crippen LogP contribution < -0.4 is 4.74 Å². The molecular weight excluding hydrogens is 299 g/mol. The Morgan fingerprint density at radius 1 is 1.11 bits per heavy atom. The summed E-state index contributed by atoms with van der Waals surface area (Å²) in [7, 11) is 0. The van der Waals surface area contributed by atoms with Gasteiger partial charge in [0, 0.05) is 5.56 Å².